The lowest BCUT2D eigenvalue weighted by molar-refractivity contribution is -0.274. The molecule has 0 aliphatic carbocycles. The number of ether oxygens (including phenoxy) is 1. The number of piperidine rings is 1. The van der Waals surface area contributed by atoms with Gasteiger partial charge in [-0.2, -0.15) is 4.98 Å². The minimum absolute atomic E-state index is 0.0553. The van der Waals surface area contributed by atoms with Crippen molar-refractivity contribution >= 4 is 28.5 Å². The molecule has 3 fully saturated rings. The summed E-state index contributed by atoms with van der Waals surface area (Å²) in [7, 11) is 0. The van der Waals surface area contributed by atoms with Crippen LogP contribution in [0, 0.1) is 0 Å². The van der Waals surface area contributed by atoms with Gasteiger partial charge >= 0.3 is 6.36 Å². The van der Waals surface area contributed by atoms with Crippen LogP contribution in [0.15, 0.2) is 22.1 Å². The van der Waals surface area contributed by atoms with Crippen molar-refractivity contribution in [3.8, 4) is 16.3 Å². The van der Waals surface area contributed by atoms with E-state index < -0.39 is 35.7 Å². The van der Waals surface area contributed by atoms with E-state index in [1.165, 1.54) is 6.20 Å². The number of hydrogen-bond donors (Lipinski definition) is 2. The molecule has 3 aromatic rings. The number of aliphatic hydroxyl groups is 1. The minimum atomic E-state index is -5.19. The highest BCUT2D eigenvalue weighted by Gasteiger charge is 2.40. The van der Waals surface area contributed by atoms with Crippen LogP contribution in [0.4, 0.5) is 28.0 Å². The second-order valence-electron chi connectivity index (χ2n) is 7.38. The summed E-state index contributed by atoms with van der Waals surface area (Å²) in [6.07, 6.45) is -8.62. The van der Waals surface area contributed by atoms with Crippen molar-refractivity contribution < 1.29 is 36.2 Å². The molecule has 6 rings (SSSR count). The fourth-order valence-electron chi connectivity index (χ4n) is 3.97. The van der Waals surface area contributed by atoms with Crippen LogP contribution in [0.1, 0.15) is 18.1 Å². The predicted octanol–water partition coefficient (Wildman–Crippen LogP) is 3.70. The van der Waals surface area contributed by atoms with Crippen LogP contribution in [0.2, 0.25) is 0 Å². The predicted molar refractivity (Wildman–Crippen MR) is 100 cm³/mol. The molecule has 166 valence electrons. The number of hydrogen-bond acceptors (Lipinski definition) is 8. The van der Waals surface area contributed by atoms with Crippen LogP contribution in [0.3, 0.4) is 0 Å². The molecule has 5 heterocycles. The fourth-order valence-corrected chi connectivity index (χ4v) is 4.62. The molecule has 0 saturated carbocycles. The van der Waals surface area contributed by atoms with Gasteiger partial charge in [-0.1, -0.05) is 0 Å². The summed E-state index contributed by atoms with van der Waals surface area (Å²) < 4.78 is 75.8. The number of anilines is 1. The average Bonchev–Trinajstić information content (AvgIpc) is 3.36. The third-order valence-electron chi connectivity index (χ3n) is 5.27. The Morgan fingerprint density at radius 3 is 2.58 bits per heavy atom. The molecule has 3 atom stereocenters. The molecule has 3 saturated heterocycles. The number of rotatable bonds is 5. The van der Waals surface area contributed by atoms with Crippen LogP contribution in [-0.2, 0) is 0 Å². The molecule has 31 heavy (non-hydrogen) atoms. The molecule has 2 N–H and O–H groups in total. The van der Waals surface area contributed by atoms with Crippen LogP contribution in [0.25, 0.3) is 21.7 Å². The first-order valence-corrected chi connectivity index (χ1v) is 10.2. The maximum absolute atomic E-state index is 13.3. The third kappa shape index (κ3) is 3.70. The summed E-state index contributed by atoms with van der Waals surface area (Å²) in [5, 5.41) is 15.2. The highest BCUT2D eigenvalue weighted by molar-refractivity contribution is 7.13. The molecular formula is C18H15F5N4O3S. The van der Waals surface area contributed by atoms with Gasteiger partial charge in [0.25, 0.3) is 12.4 Å². The SMILES string of the molecule is OC(c1cc(-c2nccs2)c2oc(N3CC4CC(C3)N4)nc2c1OC(F)(F)F)C(F)F. The molecule has 2 aromatic heterocycles. The van der Waals surface area contributed by atoms with Crippen molar-refractivity contribution in [1.82, 2.24) is 15.3 Å². The summed E-state index contributed by atoms with van der Waals surface area (Å²) in [6.45, 7) is 1.08. The van der Waals surface area contributed by atoms with Crippen LogP contribution in [-0.4, -0.2) is 53.0 Å². The molecule has 13 heteroatoms. The normalized spacial score (nSPS) is 22.1. The van der Waals surface area contributed by atoms with Gasteiger partial charge in [-0.25, -0.2) is 13.8 Å². The number of aromatic nitrogens is 2. The zero-order valence-corrected chi connectivity index (χ0v) is 16.4. The average molecular weight is 462 g/mol. The number of piperazine rings is 1. The Kier molecular flexibility index (Phi) is 4.79. The Balaban J connectivity index is 1.72. The van der Waals surface area contributed by atoms with Crippen LogP contribution < -0.4 is 15.0 Å². The number of fused-ring (bicyclic) bond motifs is 3. The van der Waals surface area contributed by atoms with Gasteiger partial charge in [0.1, 0.15) is 11.1 Å². The first-order chi connectivity index (χ1) is 14.7. The standard InChI is InChI=1S/C18H15F5N4O3S/c19-15(20)12(28)9-4-10(16-24-1-2-31-16)13-11(14(9)30-18(21,22)23)26-17(29-13)27-5-7-3-8(6-27)25-7/h1-2,4,7-8,12,15,25,28H,3,5-6H2. The van der Waals surface area contributed by atoms with Crippen molar-refractivity contribution in [1.29, 1.82) is 0 Å². The number of alkyl halides is 5. The zero-order chi connectivity index (χ0) is 21.9. The Hall–Kier alpha value is -2.51. The van der Waals surface area contributed by atoms with E-state index in [0.29, 0.717) is 18.1 Å². The number of benzene rings is 1. The van der Waals surface area contributed by atoms with E-state index in [0.717, 1.165) is 23.8 Å². The molecule has 0 radical (unpaired) electrons. The lowest BCUT2D eigenvalue weighted by Gasteiger charge is -2.47. The van der Waals surface area contributed by atoms with E-state index in [9.17, 15) is 27.1 Å². The minimum Gasteiger partial charge on any atom is -0.422 e. The second kappa shape index (κ2) is 7.28. The summed E-state index contributed by atoms with van der Waals surface area (Å²) in [4.78, 5) is 10.1. The molecule has 3 aliphatic rings. The van der Waals surface area contributed by atoms with Gasteiger partial charge in [0, 0.05) is 42.3 Å². The molecule has 2 bridgehead atoms. The molecule has 3 aliphatic heterocycles. The first kappa shape index (κ1) is 20.4. The van der Waals surface area contributed by atoms with E-state index in [-0.39, 0.29) is 29.2 Å². The quantitative estimate of drug-likeness (QED) is 0.560. The van der Waals surface area contributed by atoms with Gasteiger partial charge in [0.05, 0.1) is 5.56 Å². The second-order valence-corrected chi connectivity index (χ2v) is 8.28. The Labute approximate surface area is 175 Å². The topological polar surface area (TPSA) is 83.7 Å². The highest BCUT2D eigenvalue weighted by atomic mass is 32.1. The molecule has 3 unspecified atom stereocenters. The van der Waals surface area contributed by atoms with Crippen molar-refractivity contribution in [3.05, 3.63) is 23.2 Å². The monoisotopic (exact) mass is 462 g/mol. The van der Waals surface area contributed by atoms with E-state index in [2.05, 4.69) is 20.0 Å². The smallest absolute Gasteiger partial charge is 0.422 e. The number of halogens is 5. The first-order valence-electron chi connectivity index (χ1n) is 9.30. The Morgan fingerprint density at radius 1 is 1.29 bits per heavy atom. The van der Waals surface area contributed by atoms with E-state index in [4.69, 9.17) is 4.42 Å². The zero-order valence-electron chi connectivity index (χ0n) is 15.6. The summed E-state index contributed by atoms with van der Waals surface area (Å²) in [5.41, 5.74) is -1.08. The largest absolute Gasteiger partial charge is 0.573 e. The van der Waals surface area contributed by atoms with Gasteiger partial charge < -0.3 is 24.5 Å². The van der Waals surface area contributed by atoms with Gasteiger partial charge in [-0.3, -0.25) is 0 Å². The van der Waals surface area contributed by atoms with Crippen LogP contribution >= 0.6 is 11.3 Å². The summed E-state index contributed by atoms with van der Waals surface area (Å²) >= 11 is 1.14. The van der Waals surface area contributed by atoms with E-state index >= 15 is 0 Å². The lowest BCUT2D eigenvalue weighted by atomic mass is 9.92. The van der Waals surface area contributed by atoms with Crippen molar-refractivity contribution in [2.45, 2.75) is 37.4 Å². The molecule has 1 aromatic carbocycles. The fraction of sp³-hybridized carbons (Fsp3) is 0.444. The van der Waals surface area contributed by atoms with Gasteiger partial charge in [-0.15, -0.1) is 24.5 Å². The summed E-state index contributed by atoms with van der Waals surface area (Å²) in [5.74, 6) is -1.01. The van der Waals surface area contributed by atoms with Crippen molar-refractivity contribution in [2.24, 2.45) is 0 Å². The highest BCUT2D eigenvalue weighted by Crippen LogP contribution is 2.45. The number of oxazole rings is 1. The van der Waals surface area contributed by atoms with Crippen LogP contribution in [0.5, 0.6) is 5.75 Å². The number of nitrogens with one attached hydrogen (secondary N) is 1. The van der Waals surface area contributed by atoms with Gasteiger partial charge in [0.2, 0.25) is 0 Å². The van der Waals surface area contributed by atoms with E-state index in [1.54, 1.807) is 10.3 Å². The molecular weight excluding hydrogens is 447 g/mol. The number of thiazole rings is 1. The molecule has 7 nitrogen and oxygen atoms in total. The molecule has 0 amide bonds. The number of nitrogens with zero attached hydrogens (tertiary/aromatic N) is 3. The lowest BCUT2D eigenvalue weighted by Crippen LogP contribution is -2.67. The van der Waals surface area contributed by atoms with E-state index in [1.807, 2.05) is 0 Å². The van der Waals surface area contributed by atoms with Crippen molar-refractivity contribution in [2.75, 3.05) is 18.0 Å². The Bertz CT molecular complexity index is 1090. The van der Waals surface area contributed by atoms with Gasteiger partial charge in [-0.05, 0) is 12.5 Å². The Morgan fingerprint density at radius 2 is 2.00 bits per heavy atom. The third-order valence-corrected chi connectivity index (χ3v) is 6.07. The number of aliphatic hydroxyl groups excluding tert-OH is 1. The van der Waals surface area contributed by atoms with Crippen molar-refractivity contribution in [3.63, 3.8) is 0 Å². The maximum atomic E-state index is 13.3. The summed E-state index contributed by atoms with van der Waals surface area (Å²) in [6, 6.07) is 1.48. The van der Waals surface area contributed by atoms with Gasteiger partial charge in [0.15, 0.2) is 16.8 Å². The molecule has 0 spiro atoms. The maximum Gasteiger partial charge on any atom is 0.573 e.